The normalized spacial score (nSPS) is 8.35. The van der Waals surface area contributed by atoms with Gasteiger partial charge in [-0.15, -0.1) is 0 Å². The molecule has 280 valence electrons. The summed E-state index contributed by atoms with van der Waals surface area (Å²) in [5.41, 5.74) is 0. The summed E-state index contributed by atoms with van der Waals surface area (Å²) >= 11 is 0. The number of carbonyl (C=O) groups is 4. The van der Waals surface area contributed by atoms with E-state index < -0.39 is 30.3 Å². The number of benzene rings is 4. The van der Waals surface area contributed by atoms with Crippen LogP contribution in [0.5, 0.6) is 23.0 Å². The van der Waals surface area contributed by atoms with Crippen molar-refractivity contribution < 1.29 is 47.6 Å². The minimum absolute atomic E-state index is 0.230. The SMILES string of the molecule is CC.CC.CC.CC.CC(=O)OCOC(C)=O.O=C(CC(=O)Oc1ccccc1)Oc1ccccc1.c1ccc(OCOc2ccccc2)cc1. The average Bonchev–Trinajstić information content (AvgIpc) is 3.17. The first-order chi connectivity index (χ1) is 24.8. The number of hydrogen-bond acceptors (Lipinski definition) is 10. The summed E-state index contributed by atoms with van der Waals surface area (Å²) in [6, 6.07) is 36.3. The molecule has 0 saturated heterocycles. The Morgan fingerprint density at radius 2 is 0.647 bits per heavy atom. The minimum atomic E-state index is -0.646. The number of carbonyl (C=O) groups excluding carboxylic acids is 4. The molecule has 0 radical (unpaired) electrons. The van der Waals surface area contributed by atoms with E-state index in [9.17, 15) is 19.2 Å². The molecular formula is C41H56O10. The van der Waals surface area contributed by atoms with E-state index in [4.69, 9.17) is 18.9 Å². The highest BCUT2D eigenvalue weighted by Crippen LogP contribution is 2.13. The molecule has 0 atom stereocenters. The molecule has 4 aromatic rings. The largest absolute Gasteiger partial charge is 0.458 e. The molecule has 0 heterocycles. The van der Waals surface area contributed by atoms with E-state index in [1.165, 1.54) is 13.8 Å². The molecule has 10 nitrogen and oxygen atoms in total. The van der Waals surface area contributed by atoms with E-state index in [2.05, 4.69) is 9.47 Å². The molecule has 0 bridgehead atoms. The van der Waals surface area contributed by atoms with Crippen molar-refractivity contribution in [3.05, 3.63) is 121 Å². The number of hydrogen-bond donors (Lipinski definition) is 0. The van der Waals surface area contributed by atoms with Gasteiger partial charge in [0.15, 0.2) is 0 Å². The summed E-state index contributed by atoms with van der Waals surface area (Å²) in [6.45, 7) is 18.4. The van der Waals surface area contributed by atoms with Gasteiger partial charge in [0.2, 0.25) is 13.6 Å². The first-order valence-corrected chi connectivity index (χ1v) is 17.0. The molecule has 0 N–H and O–H groups in total. The number of esters is 4. The Morgan fingerprint density at radius 3 is 0.902 bits per heavy atom. The summed E-state index contributed by atoms with van der Waals surface area (Å²) in [5.74, 6) is 0.216. The van der Waals surface area contributed by atoms with Gasteiger partial charge in [0, 0.05) is 13.8 Å². The van der Waals surface area contributed by atoms with E-state index in [1.54, 1.807) is 60.7 Å². The van der Waals surface area contributed by atoms with Crippen LogP contribution in [0, 0.1) is 0 Å². The molecule has 0 fully saturated rings. The lowest BCUT2D eigenvalue weighted by Gasteiger charge is -2.07. The number of ether oxygens (including phenoxy) is 6. The summed E-state index contributed by atoms with van der Waals surface area (Å²) in [6.07, 6.45) is -0.427. The van der Waals surface area contributed by atoms with Gasteiger partial charge in [-0.1, -0.05) is 128 Å². The van der Waals surface area contributed by atoms with Crippen molar-refractivity contribution in [1.82, 2.24) is 0 Å². The lowest BCUT2D eigenvalue weighted by atomic mass is 10.3. The zero-order chi connectivity index (χ0) is 39.1. The monoisotopic (exact) mass is 708 g/mol. The molecule has 0 aliphatic rings. The van der Waals surface area contributed by atoms with Gasteiger partial charge in [-0.2, -0.15) is 0 Å². The third-order valence-corrected chi connectivity index (χ3v) is 4.70. The molecule has 0 saturated carbocycles. The topological polar surface area (TPSA) is 124 Å². The number of rotatable bonds is 10. The summed E-state index contributed by atoms with van der Waals surface area (Å²) in [5, 5.41) is 0. The Kier molecular flexibility index (Phi) is 36.3. The molecule has 4 rings (SSSR count). The van der Waals surface area contributed by atoms with Crippen molar-refractivity contribution in [2.24, 2.45) is 0 Å². The van der Waals surface area contributed by atoms with Crippen molar-refractivity contribution in [1.29, 1.82) is 0 Å². The summed E-state index contributed by atoms with van der Waals surface area (Å²) < 4.78 is 29.3. The fourth-order valence-electron chi connectivity index (χ4n) is 2.82. The van der Waals surface area contributed by atoms with Gasteiger partial charge in [0.1, 0.15) is 29.4 Å². The van der Waals surface area contributed by atoms with Crippen molar-refractivity contribution >= 4 is 23.9 Å². The second kappa shape index (κ2) is 37.2. The van der Waals surface area contributed by atoms with E-state index in [0.717, 1.165) is 11.5 Å². The van der Waals surface area contributed by atoms with E-state index in [0.29, 0.717) is 11.5 Å². The van der Waals surface area contributed by atoms with Gasteiger partial charge in [-0.3, -0.25) is 19.2 Å². The molecule has 0 aliphatic carbocycles. The van der Waals surface area contributed by atoms with Crippen molar-refractivity contribution in [3.8, 4) is 23.0 Å². The predicted molar refractivity (Wildman–Crippen MR) is 202 cm³/mol. The highest BCUT2D eigenvalue weighted by molar-refractivity contribution is 5.93. The third-order valence-electron chi connectivity index (χ3n) is 4.70. The number of para-hydroxylation sites is 4. The van der Waals surface area contributed by atoms with E-state index in [1.807, 2.05) is 116 Å². The van der Waals surface area contributed by atoms with Gasteiger partial charge < -0.3 is 28.4 Å². The van der Waals surface area contributed by atoms with Crippen LogP contribution >= 0.6 is 0 Å². The maximum atomic E-state index is 11.5. The maximum Gasteiger partial charge on any atom is 0.322 e. The van der Waals surface area contributed by atoms with Crippen molar-refractivity contribution in [2.75, 3.05) is 13.6 Å². The minimum Gasteiger partial charge on any atom is -0.458 e. The average molecular weight is 709 g/mol. The van der Waals surface area contributed by atoms with E-state index in [-0.39, 0.29) is 13.6 Å². The quantitative estimate of drug-likeness (QED) is 0.0680. The van der Waals surface area contributed by atoms with Crippen LogP contribution < -0.4 is 18.9 Å². The van der Waals surface area contributed by atoms with Gasteiger partial charge in [-0.05, 0) is 48.5 Å². The lowest BCUT2D eigenvalue weighted by molar-refractivity contribution is -0.164. The van der Waals surface area contributed by atoms with Crippen molar-refractivity contribution in [3.63, 3.8) is 0 Å². The van der Waals surface area contributed by atoms with Crippen LogP contribution in [0.3, 0.4) is 0 Å². The molecule has 10 heteroatoms. The Balaban J connectivity index is -0.000000644. The Labute approximate surface area is 304 Å². The zero-order valence-corrected chi connectivity index (χ0v) is 31.8. The Bertz CT molecular complexity index is 1260. The first kappa shape index (κ1) is 49.7. The van der Waals surface area contributed by atoms with Crippen molar-refractivity contribution in [2.45, 2.75) is 75.7 Å². The predicted octanol–water partition coefficient (Wildman–Crippen LogP) is 9.86. The fourth-order valence-corrected chi connectivity index (χ4v) is 2.82. The molecule has 0 spiro atoms. The van der Waals surface area contributed by atoms with Crippen LogP contribution in [-0.2, 0) is 28.7 Å². The maximum absolute atomic E-state index is 11.5. The van der Waals surface area contributed by atoms with E-state index >= 15 is 0 Å². The fraction of sp³-hybridized carbons (Fsp3) is 0.317. The van der Waals surface area contributed by atoms with Crippen LogP contribution in [0.25, 0.3) is 0 Å². The second-order valence-electron chi connectivity index (χ2n) is 8.17. The first-order valence-electron chi connectivity index (χ1n) is 17.0. The van der Waals surface area contributed by atoms with Gasteiger partial charge in [0.05, 0.1) is 0 Å². The van der Waals surface area contributed by atoms with Crippen LogP contribution in [-0.4, -0.2) is 37.5 Å². The summed E-state index contributed by atoms with van der Waals surface area (Å²) in [7, 11) is 0. The molecule has 0 aliphatic heterocycles. The molecular weight excluding hydrogens is 652 g/mol. The third kappa shape index (κ3) is 31.4. The van der Waals surface area contributed by atoms with Gasteiger partial charge in [0.25, 0.3) is 0 Å². The molecule has 51 heavy (non-hydrogen) atoms. The zero-order valence-electron chi connectivity index (χ0n) is 31.8. The highest BCUT2D eigenvalue weighted by Gasteiger charge is 2.13. The van der Waals surface area contributed by atoms with Crippen LogP contribution in [0.4, 0.5) is 0 Å². The second-order valence-corrected chi connectivity index (χ2v) is 8.17. The smallest absolute Gasteiger partial charge is 0.322 e. The lowest BCUT2D eigenvalue weighted by Crippen LogP contribution is -2.18. The molecule has 0 aromatic heterocycles. The molecule has 4 aromatic carbocycles. The molecule has 0 unspecified atom stereocenters. The van der Waals surface area contributed by atoms with Gasteiger partial charge >= 0.3 is 23.9 Å². The summed E-state index contributed by atoms with van der Waals surface area (Å²) in [4.78, 5) is 43.0. The standard InChI is InChI=1S/C15H12O4.C13H12O2.C5H8O4.4C2H6/c16-14(18-12-7-3-1-4-8-12)11-15(17)19-13-9-5-2-6-10-13;1-3-7-12(8-4-1)14-11-15-13-9-5-2-6-10-13;1-4(6)8-3-9-5(2)7;4*1-2/h1-10H,11H2;1-10H,11H2;3H2,1-2H3;4*1-2H3. The highest BCUT2D eigenvalue weighted by atomic mass is 16.7. The Hall–Kier alpha value is -5.64. The van der Waals surface area contributed by atoms with Crippen LogP contribution in [0.15, 0.2) is 121 Å². The van der Waals surface area contributed by atoms with Gasteiger partial charge in [-0.25, -0.2) is 0 Å². The Morgan fingerprint density at radius 1 is 0.392 bits per heavy atom. The van der Waals surface area contributed by atoms with Crippen LogP contribution in [0.2, 0.25) is 0 Å². The van der Waals surface area contributed by atoms with Crippen LogP contribution in [0.1, 0.15) is 75.7 Å². The molecule has 0 amide bonds.